The molecular formula is C30H48O5. The summed E-state index contributed by atoms with van der Waals surface area (Å²) in [7, 11) is 0. The lowest BCUT2D eigenvalue weighted by Gasteiger charge is -2.74. The van der Waals surface area contributed by atoms with Gasteiger partial charge in [-0.25, -0.2) is 0 Å². The Balaban J connectivity index is 1.49. The smallest absolute Gasteiger partial charge is 0.170 e. The quantitative estimate of drug-likeness (QED) is 0.435. The van der Waals surface area contributed by atoms with Gasteiger partial charge in [0, 0.05) is 17.3 Å². The van der Waals surface area contributed by atoms with Gasteiger partial charge in [0.25, 0.3) is 0 Å². The minimum absolute atomic E-state index is 0.0110. The molecular weight excluding hydrogens is 440 g/mol. The fraction of sp³-hybridized carbons (Fsp3) is 0.867. The summed E-state index contributed by atoms with van der Waals surface area (Å²) in [4.78, 5) is 0. The largest absolute Gasteiger partial charge is 0.393 e. The molecule has 35 heavy (non-hydrogen) atoms. The molecule has 2 aliphatic heterocycles. The molecule has 4 N–H and O–H groups in total. The van der Waals surface area contributed by atoms with E-state index in [4.69, 9.17) is 4.74 Å². The summed E-state index contributed by atoms with van der Waals surface area (Å²) >= 11 is 0. The van der Waals surface area contributed by atoms with Crippen LogP contribution in [-0.4, -0.2) is 51.1 Å². The van der Waals surface area contributed by atoms with Gasteiger partial charge in [-0.2, -0.15) is 0 Å². The van der Waals surface area contributed by atoms with Crippen LogP contribution >= 0.6 is 0 Å². The second-order valence-electron chi connectivity index (χ2n) is 14.2. The molecule has 4 saturated carbocycles. The molecule has 4 unspecified atom stereocenters. The van der Waals surface area contributed by atoms with Crippen molar-refractivity contribution in [2.75, 3.05) is 6.61 Å². The van der Waals surface area contributed by atoms with Crippen molar-refractivity contribution in [1.29, 1.82) is 0 Å². The van der Waals surface area contributed by atoms with Crippen molar-refractivity contribution in [2.24, 2.45) is 45.3 Å². The number of rotatable bonds is 4. The van der Waals surface area contributed by atoms with Crippen molar-refractivity contribution in [1.82, 2.24) is 0 Å². The molecule has 11 atom stereocenters. The van der Waals surface area contributed by atoms with Crippen molar-refractivity contribution < 1.29 is 25.2 Å². The fourth-order valence-corrected chi connectivity index (χ4v) is 10.5. The summed E-state index contributed by atoms with van der Waals surface area (Å²) in [5, 5.41) is 44.1. The summed E-state index contributed by atoms with van der Waals surface area (Å²) in [5.41, 5.74) is 1.36. The third kappa shape index (κ3) is 3.17. The van der Waals surface area contributed by atoms with Gasteiger partial charge in [-0.3, -0.25) is 0 Å². The van der Waals surface area contributed by atoms with Gasteiger partial charge in [0.05, 0.1) is 12.7 Å². The van der Waals surface area contributed by atoms with Crippen LogP contribution in [0.4, 0.5) is 0 Å². The molecule has 2 bridgehead atoms. The van der Waals surface area contributed by atoms with E-state index >= 15 is 0 Å². The average molecular weight is 489 g/mol. The van der Waals surface area contributed by atoms with Gasteiger partial charge in [-0.15, -0.1) is 0 Å². The molecule has 0 radical (unpaired) electrons. The van der Waals surface area contributed by atoms with Gasteiger partial charge < -0.3 is 25.2 Å². The first-order chi connectivity index (χ1) is 16.1. The minimum Gasteiger partial charge on any atom is -0.393 e. The van der Waals surface area contributed by atoms with Crippen LogP contribution < -0.4 is 0 Å². The Morgan fingerprint density at radius 1 is 1.00 bits per heavy atom. The Kier molecular flexibility index (Phi) is 5.84. The maximum Gasteiger partial charge on any atom is 0.170 e. The monoisotopic (exact) mass is 488 g/mol. The third-order valence-corrected chi connectivity index (χ3v) is 12.6. The zero-order valence-electron chi connectivity index (χ0n) is 22.7. The van der Waals surface area contributed by atoms with Crippen molar-refractivity contribution in [3.63, 3.8) is 0 Å². The van der Waals surface area contributed by atoms with E-state index in [1.165, 1.54) is 0 Å². The standard InChI is InChI=1S/C30H48O5/c1-17(2)24(33)21(31)14-18(3)19-8-10-27(6)20(19)15-22(32)25-28(27,7)11-9-23-26(4,5)30(34)13-12-29(23,25)16-35-30/h14,19-25,31-34H,1,8-13,15-16H2,2-7H3/b18-14+/t19-,20?,21+,22-,23?,24?,25?,27-,28-,29-,30-/m1/s1. The molecule has 4 aliphatic carbocycles. The summed E-state index contributed by atoms with van der Waals surface area (Å²) in [6.45, 7) is 17.4. The molecule has 1 spiro atoms. The highest BCUT2D eigenvalue weighted by atomic mass is 16.6. The van der Waals surface area contributed by atoms with Crippen LogP contribution in [0.15, 0.2) is 23.8 Å². The normalized spacial score (nSPS) is 52.3. The van der Waals surface area contributed by atoms with Crippen LogP contribution in [0, 0.1) is 45.3 Å². The number of aliphatic hydroxyl groups excluding tert-OH is 3. The first kappa shape index (κ1) is 25.9. The first-order valence-electron chi connectivity index (χ1n) is 13.9. The topological polar surface area (TPSA) is 90.2 Å². The van der Waals surface area contributed by atoms with E-state index in [1.54, 1.807) is 6.92 Å². The molecule has 0 aromatic carbocycles. The van der Waals surface area contributed by atoms with E-state index in [0.29, 0.717) is 36.4 Å². The number of fused-ring (bicyclic) bond motifs is 5. The molecule has 2 saturated heterocycles. The lowest BCUT2D eigenvalue weighted by Crippen LogP contribution is -2.75. The Bertz CT molecular complexity index is 914. The Morgan fingerprint density at radius 3 is 2.26 bits per heavy atom. The van der Waals surface area contributed by atoms with Gasteiger partial charge in [-0.05, 0) is 92.4 Å². The molecule has 6 fully saturated rings. The van der Waals surface area contributed by atoms with Gasteiger partial charge >= 0.3 is 0 Å². The van der Waals surface area contributed by atoms with Gasteiger partial charge in [-0.1, -0.05) is 45.9 Å². The van der Waals surface area contributed by atoms with E-state index in [1.807, 2.05) is 6.08 Å². The minimum atomic E-state index is -1.05. The molecule has 6 aliphatic rings. The predicted molar refractivity (Wildman–Crippen MR) is 136 cm³/mol. The van der Waals surface area contributed by atoms with Crippen molar-refractivity contribution in [2.45, 2.75) is 111 Å². The first-order valence-corrected chi connectivity index (χ1v) is 13.9. The highest BCUT2D eigenvalue weighted by Crippen LogP contribution is 2.77. The Morgan fingerprint density at radius 2 is 1.66 bits per heavy atom. The predicted octanol–water partition coefficient (Wildman–Crippen LogP) is 4.59. The van der Waals surface area contributed by atoms with Crippen LogP contribution in [0.3, 0.4) is 0 Å². The van der Waals surface area contributed by atoms with Crippen LogP contribution in [-0.2, 0) is 4.74 Å². The van der Waals surface area contributed by atoms with Crippen molar-refractivity contribution >= 4 is 0 Å². The highest BCUT2D eigenvalue weighted by Gasteiger charge is 2.75. The zero-order chi connectivity index (χ0) is 25.8. The SMILES string of the molecule is C=C(C)C(O)[C@@H](O)/C=C(\C)[C@H]1CC[C@]2(C)C1C[C@@H](O)C1[C@]34CC[C@@](O)(OC3)C(C)(C)C4CC[C@]12C. The Hall–Kier alpha value is -0.720. The maximum atomic E-state index is 11.9. The lowest BCUT2D eigenvalue weighted by molar-refractivity contribution is -0.404. The van der Waals surface area contributed by atoms with E-state index in [2.05, 4.69) is 41.2 Å². The molecule has 0 aromatic rings. The van der Waals surface area contributed by atoms with Gasteiger partial charge in [0.15, 0.2) is 5.79 Å². The molecule has 2 heterocycles. The number of ether oxygens (including phenoxy) is 1. The number of allylic oxidation sites excluding steroid dienone is 1. The molecule has 5 nitrogen and oxygen atoms in total. The summed E-state index contributed by atoms with van der Waals surface area (Å²) in [5.74, 6) is 0.112. The molecule has 0 amide bonds. The van der Waals surface area contributed by atoms with E-state index < -0.39 is 24.1 Å². The lowest BCUT2D eigenvalue weighted by atomic mass is 9.33. The molecule has 6 rings (SSSR count). The van der Waals surface area contributed by atoms with Crippen LogP contribution in [0.1, 0.15) is 86.5 Å². The maximum absolute atomic E-state index is 11.9. The van der Waals surface area contributed by atoms with Gasteiger partial charge in [0.2, 0.25) is 0 Å². The van der Waals surface area contributed by atoms with E-state index in [9.17, 15) is 20.4 Å². The summed E-state index contributed by atoms with van der Waals surface area (Å²) < 4.78 is 6.25. The second kappa shape index (κ2) is 7.89. The van der Waals surface area contributed by atoms with Crippen LogP contribution in [0.2, 0.25) is 0 Å². The van der Waals surface area contributed by atoms with Crippen LogP contribution in [0.25, 0.3) is 0 Å². The average Bonchev–Trinajstić information content (AvgIpc) is 3.12. The number of aliphatic hydroxyl groups is 4. The van der Waals surface area contributed by atoms with Crippen LogP contribution in [0.5, 0.6) is 0 Å². The number of hydrogen-bond acceptors (Lipinski definition) is 5. The summed E-state index contributed by atoms with van der Waals surface area (Å²) in [6.07, 6.45) is 6.18. The third-order valence-electron chi connectivity index (χ3n) is 12.6. The molecule has 5 heteroatoms. The van der Waals surface area contributed by atoms with E-state index in [0.717, 1.165) is 44.1 Å². The summed E-state index contributed by atoms with van der Waals surface area (Å²) in [6, 6.07) is 0. The van der Waals surface area contributed by atoms with Crippen molar-refractivity contribution in [3.8, 4) is 0 Å². The Labute approximate surface area is 211 Å². The molecule has 198 valence electrons. The van der Waals surface area contributed by atoms with Crippen molar-refractivity contribution in [3.05, 3.63) is 23.8 Å². The molecule has 0 aromatic heterocycles. The van der Waals surface area contributed by atoms with Gasteiger partial charge in [0.1, 0.15) is 12.2 Å². The van der Waals surface area contributed by atoms with E-state index in [-0.39, 0.29) is 27.6 Å². The second-order valence-corrected chi connectivity index (χ2v) is 14.2. The highest BCUT2D eigenvalue weighted by molar-refractivity contribution is 5.25. The zero-order valence-corrected chi connectivity index (χ0v) is 22.7. The number of hydrogen-bond donors (Lipinski definition) is 4. The fourth-order valence-electron chi connectivity index (χ4n) is 10.5.